The molecule has 4 nitrogen and oxygen atoms in total. The molecule has 1 aromatic carbocycles. The molecule has 2 fully saturated rings. The minimum absolute atomic E-state index is 0.00952. The summed E-state index contributed by atoms with van der Waals surface area (Å²) < 4.78 is 27.6. The highest BCUT2D eigenvalue weighted by Gasteiger charge is 2.34. The number of halogens is 2. The van der Waals surface area contributed by atoms with Gasteiger partial charge in [0.05, 0.1) is 5.56 Å². The molecule has 0 radical (unpaired) electrons. The fraction of sp³-hybridized carbons (Fsp3) is 0.500. The van der Waals surface area contributed by atoms with E-state index in [1.54, 1.807) is 0 Å². The van der Waals surface area contributed by atoms with Gasteiger partial charge in [-0.25, -0.2) is 13.6 Å². The van der Waals surface area contributed by atoms with Crippen LogP contribution in [0.3, 0.4) is 0 Å². The van der Waals surface area contributed by atoms with Crippen molar-refractivity contribution in [3.05, 3.63) is 29.3 Å². The molecule has 0 spiro atoms. The third kappa shape index (κ3) is 2.60. The summed E-state index contributed by atoms with van der Waals surface area (Å²) in [4.78, 5) is 13.1. The van der Waals surface area contributed by atoms with Gasteiger partial charge in [-0.15, -0.1) is 0 Å². The Kier molecular flexibility index (Phi) is 3.33. The summed E-state index contributed by atoms with van der Waals surface area (Å²) in [5.41, 5.74) is -0.603. The highest BCUT2D eigenvalue weighted by Crippen LogP contribution is 2.31. The molecule has 1 aromatic rings. The number of rotatable bonds is 4. The minimum Gasteiger partial charge on any atom is -0.478 e. The lowest BCUT2D eigenvalue weighted by Crippen LogP contribution is -2.28. The third-order valence-corrected chi connectivity index (χ3v) is 3.92. The van der Waals surface area contributed by atoms with Crippen molar-refractivity contribution in [2.45, 2.75) is 31.3 Å². The average Bonchev–Trinajstić information content (AvgIpc) is 3.14. The Hall–Kier alpha value is -1.69. The van der Waals surface area contributed by atoms with Crippen LogP contribution in [0.2, 0.25) is 0 Å². The fourth-order valence-corrected chi connectivity index (χ4v) is 2.72. The predicted molar refractivity (Wildman–Crippen MR) is 69.9 cm³/mol. The van der Waals surface area contributed by atoms with Crippen LogP contribution in [0.15, 0.2) is 12.1 Å². The van der Waals surface area contributed by atoms with Crippen LogP contribution in [0.4, 0.5) is 14.5 Å². The summed E-state index contributed by atoms with van der Waals surface area (Å²) in [6.45, 7) is 1.73. The second kappa shape index (κ2) is 5.01. The maximum Gasteiger partial charge on any atom is 0.335 e. The van der Waals surface area contributed by atoms with E-state index >= 15 is 0 Å². The molecule has 1 unspecified atom stereocenters. The van der Waals surface area contributed by atoms with Gasteiger partial charge in [-0.05, 0) is 31.4 Å². The zero-order valence-electron chi connectivity index (χ0n) is 10.9. The van der Waals surface area contributed by atoms with Crippen molar-refractivity contribution in [2.75, 3.05) is 18.4 Å². The molecule has 2 aliphatic rings. The molecular formula is C14H16F2N2O2. The lowest BCUT2D eigenvalue weighted by Gasteiger charge is -2.17. The van der Waals surface area contributed by atoms with E-state index in [1.165, 1.54) is 12.8 Å². The Morgan fingerprint density at radius 2 is 1.90 bits per heavy atom. The van der Waals surface area contributed by atoms with Gasteiger partial charge in [0, 0.05) is 25.2 Å². The van der Waals surface area contributed by atoms with Crippen LogP contribution in [0.25, 0.3) is 0 Å². The highest BCUT2D eigenvalue weighted by molar-refractivity contribution is 5.88. The molecule has 1 saturated heterocycles. The van der Waals surface area contributed by atoms with Crippen LogP contribution in [-0.2, 0) is 0 Å². The van der Waals surface area contributed by atoms with E-state index < -0.39 is 17.6 Å². The number of hydrogen-bond acceptors (Lipinski definition) is 3. The van der Waals surface area contributed by atoms with Crippen molar-refractivity contribution < 1.29 is 18.7 Å². The van der Waals surface area contributed by atoms with Crippen LogP contribution in [0.5, 0.6) is 0 Å². The normalized spacial score (nSPS) is 23.0. The summed E-state index contributed by atoms with van der Waals surface area (Å²) in [5.74, 6) is -3.05. The maximum atomic E-state index is 13.8. The number of anilines is 1. The first-order chi connectivity index (χ1) is 9.54. The molecule has 1 aliphatic heterocycles. The van der Waals surface area contributed by atoms with Crippen LogP contribution in [0.1, 0.15) is 29.6 Å². The molecule has 3 rings (SSSR count). The molecule has 20 heavy (non-hydrogen) atoms. The quantitative estimate of drug-likeness (QED) is 0.890. The van der Waals surface area contributed by atoms with Crippen molar-refractivity contribution in [3.63, 3.8) is 0 Å². The first kappa shape index (κ1) is 13.3. The fourth-order valence-electron chi connectivity index (χ4n) is 2.72. The van der Waals surface area contributed by atoms with Gasteiger partial charge >= 0.3 is 5.97 Å². The molecule has 6 heteroatoms. The summed E-state index contributed by atoms with van der Waals surface area (Å²) in [6, 6.07) is 2.35. The van der Waals surface area contributed by atoms with Crippen LogP contribution in [-0.4, -0.2) is 41.1 Å². The van der Waals surface area contributed by atoms with Gasteiger partial charge in [0.1, 0.15) is 17.3 Å². The number of nitrogens with one attached hydrogen (secondary N) is 1. The Labute approximate surface area is 115 Å². The molecule has 1 saturated carbocycles. The van der Waals surface area contributed by atoms with E-state index in [2.05, 4.69) is 10.2 Å². The van der Waals surface area contributed by atoms with Crippen molar-refractivity contribution in [1.29, 1.82) is 0 Å². The number of aromatic carboxylic acids is 1. The van der Waals surface area contributed by atoms with Gasteiger partial charge in [-0.2, -0.15) is 0 Å². The topological polar surface area (TPSA) is 52.6 Å². The van der Waals surface area contributed by atoms with E-state index in [4.69, 9.17) is 5.11 Å². The summed E-state index contributed by atoms with van der Waals surface area (Å²) in [5, 5.41) is 11.6. The molecule has 108 valence electrons. The number of carbonyl (C=O) groups is 1. The monoisotopic (exact) mass is 282 g/mol. The number of nitrogens with zero attached hydrogens (tertiary/aromatic N) is 1. The second-order valence-corrected chi connectivity index (χ2v) is 5.48. The molecule has 1 heterocycles. The molecule has 0 amide bonds. The van der Waals surface area contributed by atoms with E-state index in [-0.39, 0.29) is 17.3 Å². The maximum absolute atomic E-state index is 13.8. The van der Waals surface area contributed by atoms with E-state index in [0.717, 1.165) is 31.6 Å². The molecule has 2 N–H and O–H groups in total. The van der Waals surface area contributed by atoms with E-state index in [9.17, 15) is 13.6 Å². The standard InChI is InChI=1S/C14H16F2N2O2/c15-11-5-8(14(19)20)6-12(16)13(11)17-9-3-4-18(7-9)10-1-2-10/h5-6,9-10,17H,1-4,7H2,(H,19,20). The molecule has 0 bridgehead atoms. The van der Waals surface area contributed by atoms with Crippen LogP contribution in [0, 0.1) is 11.6 Å². The van der Waals surface area contributed by atoms with E-state index in [1.807, 2.05) is 0 Å². The number of likely N-dealkylation sites (tertiary alicyclic amines) is 1. The van der Waals surface area contributed by atoms with Crippen molar-refractivity contribution >= 4 is 11.7 Å². The van der Waals surface area contributed by atoms with Gasteiger partial charge in [-0.1, -0.05) is 0 Å². The first-order valence-electron chi connectivity index (χ1n) is 6.77. The third-order valence-electron chi connectivity index (χ3n) is 3.92. The van der Waals surface area contributed by atoms with Crippen LogP contribution >= 0.6 is 0 Å². The van der Waals surface area contributed by atoms with Gasteiger partial charge in [-0.3, -0.25) is 4.90 Å². The second-order valence-electron chi connectivity index (χ2n) is 5.48. The van der Waals surface area contributed by atoms with Gasteiger partial charge < -0.3 is 10.4 Å². The Balaban J connectivity index is 1.72. The lowest BCUT2D eigenvalue weighted by atomic mass is 10.1. The van der Waals surface area contributed by atoms with E-state index in [0.29, 0.717) is 6.04 Å². The number of carboxylic acid groups (broad SMARTS) is 1. The number of hydrogen-bond donors (Lipinski definition) is 2. The summed E-state index contributed by atoms with van der Waals surface area (Å²) in [7, 11) is 0. The van der Waals surface area contributed by atoms with Crippen molar-refractivity contribution in [3.8, 4) is 0 Å². The Morgan fingerprint density at radius 3 is 2.45 bits per heavy atom. The smallest absolute Gasteiger partial charge is 0.335 e. The molecule has 0 aromatic heterocycles. The van der Waals surface area contributed by atoms with Gasteiger partial charge in [0.2, 0.25) is 0 Å². The van der Waals surface area contributed by atoms with Gasteiger partial charge in [0.25, 0.3) is 0 Å². The Morgan fingerprint density at radius 1 is 1.25 bits per heavy atom. The average molecular weight is 282 g/mol. The molecular weight excluding hydrogens is 266 g/mol. The van der Waals surface area contributed by atoms with Crippen molar-refractivity contribution in [1.82, 2.24) is 4.90 Å². The molecule has 1 atom stereocenters. The Bertz CT molecular complexity index is 523. The van der Waals surface area contributed by atoms with Gasteiger partial charge in [0.15, 0.2) is 0 Å². The summed E-state index contributed by atoms with van der Waals surface area (Å²) in [6.07, 6.45) is 3.27. The predicted octanol–water partition coefficient (Wildman–Crippen LogP) is 2.31. The zero-order chi connectivity index (χ0) is 14.3. The SMILES string of the molecule is O=C(O)c1cc(F)c(NC2CCN(C3CC3)C2)c(F)c1. The molecule has 1 aliphatic carbocycles. The lowest BCUT2D eigenvalue weighted by molar-refractivity contribution is 0.0696. The number of benzene rings is 1. The number of carboxylic acids is 1. The minimum atomic E-state index is -1.34. The zero-order valence-corrected chi connectivity index (χ0v) is 10.9. The highest BCUT2D eigenvalue weighted by atomic mass is 19.1. The van der Waals surface area contributed by atoms with Crippen LogP contribution < -0.4 is 5.32 Å². The first-order valence-corrected chi connectivity index (χ1v) is 6.77. The summed E-state index contributed by atoms with van der Waals surface area (Å²) >= 11 is 0. The largest absolute Gasteiger partial charge is 0.478 e. The van der Waals surface area contributed by atoms with Crippen molar-refractivity contribution in [2.24, 2.45) is 0 Å².